The molecular weight excluding hydrogens is 254 g/mol. The molecule has 0 saturated carbocycles. The monoisotopic (exact) mass is 273 g/mol. The molecule has 1 heterocycles. The molecule has 5 heteroatoms. The van der Waals surface area contributed by atoms with Gasteiger partial charge in [-0.05, 0) is 12.1 Å². The molecule has 0 aromatic heterocycles. The number of hydrogen-bond acceptors (Lipinski definition) is 3. The summed E-state index contributed by atoms with van der Waals surface area (Å²) in [6.07, 6.45) is 1.84. The summed E-state index contributed by atoms with van der Waals surface area (Å²) >= 11 is 0. The van der Waals surface area contributed by atoms with Gasteiger partial charge in [0.15, 0.2) is 0 Å². The van der Waals surface area contributed by atoms with Crippen LogP contribution in [0.2, 0.25) is 0 Å². The van der Waals surface area contributed by atoms with Crippen molar-refractivity contribution in [3.05, 3.63) is 43.0 Å². The molecule has 0 aliphatic carbocycles. The Balaban J connectivity index is 1.90. The Morgan fingerprint density at radius 1 is 1.45 bits per heavy atom. The summed E-state index contributed by atoms with van der Waals surface area (Å²) < 4.78 is 0. The summed E-state index contributed by atoms with van der Waals surface area (Å²) in [5.74, 6) is -0.207. The van der Waals surface area contributed by atoms with Gasteiger partial charge in [0.25, 0.3) is 0 Å². The summed E-state index contributed by atoms with van der Waals surface area (Å²) in [5.41, 5.74) is 0.740. The van der Waals surface area contributed by atoms with Crippen LogP contribution in [0, 0.1) is 0 Å². The molecule has 2 amide bonds. The maximum absolute atomic E-state index is 12.1. The van der Waals surface area contributed by atoms with Crippen molar-refractivity contribution < 1.29 is 9.59 Å². The van der Waals surface area contributed by atoms with E-state index in [0.29, 0.717) is 19.6 Å². The van der Waals surface area contributed by atoms with Crippen molar-refractivity contribution >= 4 is 17.5 Å². The van der Waals surface area contributed by atoms with E-state index in [9.17, 15) is 9.59 Å². The Morgan fingerprint density at radius 3 is 2.90 bits per heavy atom. The SMILES string of the molecule is C=CCN1CCNC(CC(=O)Nc2ccccc2)C1=O. The number of nitrogens with one attached hydrogen (secondary N) is 2. The normalized spacial score (nSPS) is 18.7. The van der Waals surface area contributed by atoms with Gasteiger partial charge in [-0.15, -0.1) is 6.58 Å². The second-order valence-corrected chi connectivity index (χ2v) is 4.70. The van der Waals surface area contributed by atoms with Crippen molar-refractivity contribution in [3.8, 4) is 0 Å². The molecule has 1 aromatic carbocycles. The number of benzene rings is 1. The molecule has 1 unspecified atom stereocenters. The first-order valence-corrected chi connectivity index (χ1v) is 6.68. The van der Waals surface area contributed by atoms with Crippen LogP contribution in [0.25, 0.3) is 0 Å². The largest absolute Gasteiger partial charge is 0.336 e. The van der Waals surface area contributed by atoms with Gasteiger partial charge in [0, 0.05) is 25.3 Å². The summed E-state index contributed by atoms with van der Waals surface area (Å²) in [5, 5.41) is 5.87. The van der Waals surface area contributed by atoms with E-state index in [2.05, 4.69) is 17.2 Å². The fourth-order valence-corrected chi connectivity index (χ4v) is 2.21. The van der Waals surface area contributed by atoms with E-state index in [-0.39, 0.29) is 18.2 Å². The van der Waals surface area contributed by atoms with Crippen LogP contribution in [0.3, 0.4) is 0 Å². The molecule has 20 heavy (non-hydrogen) atoms. The number of hydrogen-bond donors (Lipinski definition) is 2. The number of carbonyl (C=O) groups is 2. The van der Waals surface area contributed by atoms with Crippen LogP contribution in [0.1, 0.15) is 6.42 Å². The molecule has 2 N–H and O–H groups in total. The van der Waals surface area contributed by atoms with Crippen LogP contribution < -0.4 is 10.6 Å². The van der Waals surface area contributed by atoms with Crippen molar-refractivity contribution in [3.63, 3.8) is 0 Å². The number of para-hydroxylation sites is 1. The maximum atomic E-state index is 12.1. The lowest BCUT2D eigenvalue weighted by atomic mass is 10.1. The van der Waals surface area contributed by atoms with E-state index in [1.54, 1.807) is 11.0 Å². The summed E-state index contributed by atoms with van der Waals surface area (Å²) in [7, 11) is 0. The van der Waals surface area contributed by atoms with Crippen LogP contribution in [-0.2, 0) is 9.59 Å². The average molecular weight is 273 g/mol. The molecule has 1 atom stereocenters. The van der Waals surface area contributed by atoms with Crippen molar-refractivity contribution in [1.82, 2.24) is 10.2 Å². The number of nitrogens with zero attached hydrogens (tertiary/aromatic N) is 1. The van der Waals surface area contributed by atoms with Crippen LogP contribution in [0.15, 0.2) is 43.0 Å². The molecule has 1 saturated heterocycles. The van der Waals surface area contributed by atoms with Crippen LogP contribution >= 0.6 is 0 Å². The minimum absolute atomic E-state index is 0.0423. The Hall–Kier alpha value is -2.14. The smallest absolute Gasteiger partial charge is 0.240 e. The number of carbonyl (C=O) groups excluding carboxylic acids is 2. The molecule has 2 rings (SSSR count). The molecule has 5 nitrogen and oxygen atoms in total. The number of anilines is 1. The summed E-state index contributed by atoms with van der Waals surface area (Å²) in [6.45, 7) is 5.51. The van der Waals surface area contributed by atoms with Crippen LogP contribution in [0.5, 0.6) is 0 Å². The highest BCUT2D eigenvalue weighted by molar-refractivity contribution is 5.95. The molecule has 0 radical (unpaired) electrons. The molecule has 1 aromatic rings. The Morgan fingerprint density at radius 2 is 2.20 bits per heavy atom. The minimum Gasteiger partial charge on any atom is -0.336 e. The number of rotatable bonds is 5. The standard InChI is InChI=1S/C15H19N3O2/c1-2-9-18-10-8-16-13(15(18)20)11-14(19)17-12-6-4-3-5-7-12/h2-7,13,16H,1,8-11H2,(H,17,19). The third kappa shape index (κ3) is 3.68. The van der Waals surface area contributed by atoms with E-state index in [1.165, 1.54) is 0 Å². The molecule has 1 fully saturated rings. The van der Waals surface area contributed by atoms with Gasteiger partial charge in [-0.1, -0.05) is 24.3 Å². The maximum Gasteiger partial charge on any atom is 0.240 e. The van der Waals surface area contributed by atoms with Crippen LogP contribution in [0.4, 0.5) is 5.69 Å². The van der Waals surface area contributed by atoms with Gasteiger partial charge >= 0.3 is 0 Å². The van der Waals surface area contributed by atoms with Crippen molar-refractivity contribution in [2.75, 3.05) is 25.0 Å². The van der Waals surface area contributed by atoms with Gasteiger partial charge in [-0.2, -0.15) is 0 Å². The first-order valence-electron chi connectivity index (χ1n) is 6.68. The predicted octanol–water partition coefficient (Wildman–Crippen LogP) is 1.00. The first kappa shape index (κ1) is 14.3. The Kier molecular flexibility index (Phi) is 4.90. The fraction of sp³-hybridized carbons (Fsp3) is 0.333. The second-order valence-electron chi connectivity index (χ2n) is 4.70. The zero-order valence-corrected chi connectivity index (χ0v) is 11.3. The van der Waals surface area contributed by atoms with Crippen molar-refractivity contribution in [2.24, 2.45) is 0 Å². The van der Waals surface area contributed by atoms with E-state index in [1.807, 2.05) is 30.3 Å². The lowest BCUT2D eigenvalue weighted by Crippen LogP contribution is -2.55. The second kappa shape index (κ2) is 6.86. The average Bonchev–Trinajstić information content (AvgIpc) is 2.44. The quantitative estimate of drug-likeness (QED) is 0.787. The lowest BCUT2D eigenvalue weighted by molar-refractivity contribution is -0.136. The van der Waals surface area contributed by atoms with E-state index in [4.69, 9.17) is 0 Å². The highest BCUT2D eigenvalue weighted by Gasteiger charge is 2.29. The first-order chi connectivity index (χ1) is 9.70. The highest BCUT2D eigenvalue weighted by atomic mass is 16.2. The van der Waals surface area contributed by atoms with Gasteiger partial charge in [0.05, 0.1) is 12.5 Å². The summed E-state index contributed by atoms with van der Waals surface area (Å²) in [6, 6.07) is 8.77. The van der Waals surface area contributed by atoms with E-state index in [0.717, 1.165) is 5.69 Å². The van der Waals surface area contributed by atoms with Crippen molar-refractivity contribution in [2.45, 2.75) is 12.5 Å². The number of amides is 2. The third-order valence-corrected chi connectivity index (χ3v) is 3.18. The third-order valence-electron chi connectivity index (χ3n) is 3.18. The molecule has 1 aliphatic heterocycles. The van der Waals surface area contributed by atoms with Gasteiger partial charge in [0.2, 0.25) is 11.8 Å². The highest BCUT2D eigenvalue weighted by Crippen LogP contribution is 2.09. The van der Waals surface area contributed by atoms with Gasteiger partial charge < -0.3 is 15.5 Å². The van der Waals surface area contributed by atoms with Gasteiger partial charge in [-0.25, -0.2) is 0 Å². The van der Waals surface area contributed by atoms with E-state index >= 15 is 0 Å². The van der Waals surface area contributed by atoms with Gasteiger partial charge in [0.1, 0.15) is 0 Å². The van der Waals surface area contributed by atoms with Crippen LogP contribution in [-0.4, -0.2) is 42.4 Å². The molecule has 106 valence electrons. The predicted molar refractivity (Wildman–Crippen MR) is 78.3 cm³/mol. The lowest BCUT2D eigenvalue weighted by Gasteiger charge is -2.32. The van der Waals surface area contributed by atoms with E-state index < -0.39 is 6.04 Å². The molecule has 0 spiro atoms. The van der Waals surface area contributed by atoms with Gasteiger partial charge in [-0.3, -0.25) is 9.59 Å². The Bertz CT molecular complexity index is 487. The molecule has 1 aliphatic rings. The topological polar surface area (TPSA) is 61.4 Å². The summed E-state index contributed by atoms with van der Waals surface area (Å²) in [4.78, 5) is 25.8. The fourth-order valence-electron chi connectivity index (χ4n) is 2.21. The Labute approximate surface area is 118 Å². The zero-order valence-electron chi connectivity index (χ0n) is 11.3. The molecular formula is C15H19N3O2. The number of piperazine rings is 1. The molecule has 0 bridgehead atoms. The van der Waals surface area contributed by atoms with Crippen molar-refractivity contribution in [1.29, 1.82) is 0 Å². The zero-order chi connectivity index (χ0) is 14.4. The minimum atomic E-state index is -0.451.